The van der Waals surface area contributed by atoms with Crippen molar-refractivity contribution in [2.45, 2.75) is 19.8 Å². The number of likely N-dealkylation sites (N-methyl/N-ethyl adjacent to an activating group) is 1. The quantitative estimate of drug-likeness (QED) is 0.880. The Morgan fingerprint density at radius 1 is 1.50 bits per heavy atom. The molecule has 2 N–H and O–H groups in total. The summed E-state index contributed by atoms with van der Waals surface area (Å²) in [5.41, 5.74) is 7.70. The zero-order valence-corrected chi connectivity index (χ0v) is 11.0. The maximum absolute atomic E-state index is 11.6. The van der Waals surface area contributed by atoms with Gasteiger partial charge in [0.1, 0.15) is 5.75 Å². The van der Waals surface area contributed by atoms with E-state index in [1.54, 1.807) is 11.9 Å². The molecule has 1 unspecified atom stereocenters. The Morgan fingerprint density at radius 2 is 2.28 bits per heavy atom. The highest BCUT2D eigenvalue weighted by molar-refractivity contribution is 5.97. The summed E-state index contributed by atoms with van der Waals surface area (Å²) in [5.74, 6) is 1.30. The monoisotopic (exact) mass is 248 g/mol. The molecule has 98 valence electrons. The van der Waals surface area contributed by atoms with Crippen LogP contribution in [0.3, 0.4) is 0 Å². The van der Waals surface area contributed by atoms with Gasteiger partial charge in [-0.15, -0.1) is 0 Å². The number of amides is 1. The van der Waals surface area contributed by atoms with E-state index in [4.69, 9.17) is 10.5 Å². The van der Waals surface area contributed by atoms with Crippen molar-refractivity contribution in [2.75, 3.05) is 25.1 Å². The first-order valence-electron chi connectivity index (χ1n) is 6.34. The van der Waals surface area contributed by atoms with Crippen molar-refractivity contribution in [3.8, 4) is 5.75 Å². The third-order valence-electron chi connectivity index (χ3n) is 3.44. The van der Waals surface area contributed by atoms with Crippen LogP contribution in [0, 0.1) is 5.92 Å². The summed E-state index contributed by atoms with van der Waals surface area (Å²) in [5, 5.41) is 0. The molecule has 0 spiro atoms. The SMILES string of the molecule is CC(CN)CCc1ccc2c(c1)N(C)C(=O)CO2. The van der Waals surface area contributed by atoms with Crippen molar-refractivity contribution in [2.24, 2.45) is 11.7 Å². The van der Waals surface area contributed by atoms with Crippen LogP contribution in [0.25, 0.3) is 0 Å². The fourth-order valence-electron chi connectivity index (χ4n) is 2.00. The lowest BCUT2D eigenvalue weighted by Crippen LogP contribution is -2.35. The average molecular weight is 248 g/mol. The highest BCUT2D eigenvalue weighted by atomic mass is 16.5. The summed E-state index contributed by atoms with van der Waals surface area (Å²) in [6, 6.07) is 6.04. The summed E-state index contributed by atoms with van der Waals surface area (Å²) in [7, 11) is 1.79. The van der Waals surface area contributed by atoms with E-state index in [1.165, 1.54) is 5.56 Å². The summed E-state index contributed by atoms with van der Waals surface area (Å²) in [6.07, 6.45) is 2.04. The number of ether oxygens (including phenoxy) is 1. The van der Waals surface area contributed by atoms with Gasteiger partial charge in [0.25, 0.3) is 5.91 Å². The smallest absolute Gasteiger partial charge is 0.264 e. The standard InChI is InChI=1S/C14H20N2O2/c1-10(8-15)3-4-11-5-6-13-12(7-11)16(2)14(17)9-18-13/h5-7,10H,3-4,8-9,15H2,1-2H3. The van der Waals surface area contributed by atoms with Gasteiger partial charge in [-0.3, -0.25) is 4.79 Å². The number of nitrogens with two attached hydrogens (primary N) is 1. The van der Waals surface area contributed by atoms with E-state index in [1.807, 2.05) is 12.1 Å². The number of carbonyl (C=O) groups excluding carboxylic acids is 1. The predicted molar refractivity (Wildman–Crippen MR) is 71.9 cm³/mol. The second-order valence-corrected chi connectivity index (χ2v) is 4.92. The molecule has 0 saturated heterocycles. The van der Waals surface area contributed by atoms with Crippen molar-refractivity contribution in [1.29, 1.82) is 0 Å². The topological polar surface area (TPSA) is 55.6 Å². The van der Waals surface area contributed by atoms with Gasteiger partial charge in [0.15, 0.2) is 6.61 Å². The van der Waals surface area contributed by atoms with Gasteiger partial charge in [-0.2, -0.15) is 0 Å². The van der Waals surface area contributed by atoms with Crippen LogP contribution in [-0.4, -0.2) is 26.1 Å². The largest absolute Gasteiger partial charge is 0.482 e. The molecule has 0 aliphatic carbocycles. The molecule has 1 aliphatic heterocycles. The van der Waals surface area contributed by atoms with Crippen LogP contribution in [0.2, 0.25) is 0 Å². The highest BCUT2D eigenvalue weighted by Crippen LogP contribution is 2.32. The molecule has 1 aliphatic rings. The third-order valence-corrected chi connectivity index (χ3v) is 3.44. The molecular weight excluding hydrogens is 228 g/mol. The Labute approximate surface area is 108 Å². The lowest BCUT2D eigenvalue weighted by Gasteiger charge is -2.26. The third kappa shape index (κ3) is 2.64. The van der Waals surface area contributed by atoms with E-state index in [2.05, 4.69) is 13.0 Å². The van der Waals surface area contributed by atoms with Gasteiger partial charge in [0.05, 0.1) is 5.69 Å². The van der Waals surface area contributed by atoms with Gasteiger partial charge in [0, 0.05) is 7.05 Å². The lowest BCUT2D eigenvalue weighted by atomic mass is 10.0. The van der Waals surface area contributed by atoms with Gasteiger partial charge >= 0.3 is 0 Å². The van der Waals surface area contributed by atoms with Gasteiger partial charge in [-0.05, 0) is 43.0 Å². The molecule has 4 nitrogen and oxygen atoms in total. The van der Waals surface area contributed by atoms with Crippen molar-refractivity contribution in [1.82, 2.24) is 0 Å². The van der Waals surface area contributed by atoms with Gasteiger partial charge in [0.2, 0.25) is 0 Å². The zero-order valence-electron chi connectivity index (χ0n) is 11.0. The lowest BCUT2D eigenvalue weighted by molar-refractivity contribution is -0.120. The molecule has 0 bridgehead atoms. The molecule has 0 aromatic heterocycles. The molecule has 0 fully saturated rings. The maximum Gasteiger partial charge on any atom is 0.264 e. The number of hydrogen-bond donors (Lipinski definition) is 1. The predicted octanol–water partition coefficient (Wildman–Crippen LogP) is 1.57. The second-order valence-electron chi connectivity index (χ2n) is 4.92. The highest BCUT2D eigenvalue weighted by Gasteiger charge is 2.22. The van der Waals surface area contributed by atoms with Crippen LogP contribution >= 0.6 is 0 Å². The molecule has 1 atom stereocenters. The normalized spacial score (nSPS) is 16.2. The Hall–Kier alpha value is -1.55. The summed E-state index contributed by atoms with van der Waals surface area (Å²) in [4.78, 5) is 13.2. The van der Waals surface area contributed by atoms with Gasteiger partial charge in [-0.25, -0.2) is 0 Å². The molecule has 1 amide bonds. The molecule has 1 aromatic carbocycles. The van der Waals surface area contributed by atoms with Crippen LogP contribution in [0.1, 0.15) is 18.9 Å². The van der Waals surface area contributed by atoms with Crippen molar-refractivity contribution in [3.05, 3.63) is 23.8 Å². The number of hydrogen-bond acceptors (Lipinski definition) is 3. The van der Waals surface area contributed by atoms with E-state index in [-0.39, 0.29) is 12.5 Å². The van der Waals surface area contributed by atoms with E-state index in [9.17, 15) is 4.79 Å². The minimum Gasteiger partial charge on any atom is -0.482 e. The molecule has 0 radical (unpaired) electrons. The number of benzene rings is 1. The van der Waals surface area contributed by atoms with Crippen LogP contribution < -0.4 is 15.4 Å². The number of nitrogens with zero attached hydrogens (tertiary/aromatic N) is 1. The number of fused-ring (bicyclic) bond motifs is 1. The van der Waals surface area contributed by atoms with E-state index < -0.39 is 0 Å². The first-order chi connectivity index (χ1) is 8.61. The molecule has 2 rings (SSSR count). The maximum atomic E-state index is 11.6. The van der Waals surface area contributed by atoms with E-state index in [0.717, 1.165) is 24.3 Å². The van der Waals surface area contributed by atoms with Crippen LogP contribution in [0.4, 0.5) is 5.69 Å². The van der Waals surface area contributed by atoms with E-state index >= 15 is 0 Å². The minimum absolute atomic E-state index is 0.00465. The Balaban J connectivity index is 2.13. The minimum atomic E-state index is -0.00465. The van der Waals surface area contributed by atoms with Crippen LogP contribution in [0.5, 0.6) is 5.75 Å². The van der Waals surface area contributed by atoms with Crippen molar-refractivity contribution in [3.63, 3.8) is 0 Å². The van der Waals surface area contributed by atoms with Gasteiger partial charge in [-0.1, -0.05) is 13.0 Å². The number of carbonyl (C=O) groups is 1. The molecular formula is C14H20N2O2. The molecule has 1 aromatic rings. The van der Waals surface area contributed by atoms with Crippen LogP contribution in [-0.2, 0) is 11.2 Å². The number of anilines is 1. The fraction of sp³-hybridized carbons (Fsp3) is 0.500. The number of aryl methyl sites for hydroxylation is 1. The summed E-state index contributed by atoms with van der Waals surface area (Å²) in [6.45, 7) is 3.00. The average Bonchev–Trinajstić information content (AvgIpc) is 2.40. The number of rotatable bonds is 4. The van der Waals surface area contributed by atoms with Gasteiger partial charge < -0.3 is 15.4 Å². The Bertz CT molecular complexity index is 445. The molecule has 4 heteroatoms. The van der Waals surface area contributed by atoms with Crippen molar-refractivity contribution < 1.29 is 9.53 Å². The fourth-order valence-corrected chi connectivity index (χ4v) is 2.00. The molecule has 0 saturated carbocycles. The Kier molecular flexibility index (Phi) is 3.87. The first kappa shape index (κ1) is 12.9. The van der Waals surface area contributed by atoms with E-state index in [0.29, 0.717) is 12.5 Å². The molecule has 1 heterocycles. The summed E-state index contributed by atoms with van der Waals surface area (Å²) >= 11 is 0. The zero-order chi connectivity index (χ0) is 13.1. The molecule has 18 heavy (non-hydrogen) atoms. The summed E-state index contributed by atoms with van der Waals surface area (Å²) < 4.78 is 5.40. The van der Waals surface area contributed by atoms with Crippen molar-refractivity contribution >= 4 is 11.6 Å². The Morgan fingerprint density at radius 3 is 3.00 bits per heavy atom. The first-order valence-corrected chi connectivity index (χ1v) is 6.34. The second kappa shape index (κ2) is 5.40. The van der Waals surface area contributed by atoms with Crippen LogP contribution in [0.15, 0.2) is 18.2 Å².